The average Bonchev–Trinajstić information content (AvgIpc) is 2.38. The first-order chi connectivity index (χ1) is 9.56. The number of rotatable bonds is 5. The standard InChI is InChI=1S/C13H17Cl2FN2O2/c14-11-5-9(16)6-12(15)13(11)17-7-10(19)8-18-1-3-20-4-2-18/h5-6,10,17,19H,1-4,7-8H2. The van der Waals surface area contributed by atoms with Crippen LogP contribution in [0.4, 0.5) is 10.1 Å². The third kappa shape index (κ3) is 4.46. The highest BCUT2D eigenvalue weighted by atomic mass is 35.5. The number of nitrogens with one attached hydrogen (secondary N) is 1. The van der Waals surface area contributed by atoms with Crippen molar-refractivity contribution in [1.82, 2.24) is 4.90 Å². The number of β-amino-alcohol motifs (C(OH)–C–C–N with tert-alkyl or cyclic N) is 1. The second-order valence-corrected chi connectivity index (χ2v) is 5.51. The maximum Gasteiger partial charge on any atom is 0.126 e. The fraction of sp³-hybridized carbons (Fsp3) is 0.538. The van der Waals surface area contributed by atoms with E-state index in [1.165, 1.54) is 12.1 Å². The molecule has 1 heterocycles. The van der Waals surface area contributed by atoms with Gasteiger partial charge in [0, 0.05) is 26.2 Å². The molecular weight excluding hydrogens is 306 g/mol. The Hall–Kier alpha value is -0.590. The van der Waals surface area contributed by atoms with Crippen molar-refractivity contribution in [2.75, 3.05) is 44.7 Å². The molecule has 112 valence electrons. The third-order valence-electron chi connectivity index (χ3n) is 3.09. The molecule has 1 fully saturated rings. The van der Waals surface area contributed by atoms with E-state index in [1.54, 1.807) is 0 Å². The van der Waals surface area contributed by atoms with Gasteiger partial charge in [0.2, 0.25) is 0 Å². The molecule has 0 spiro atoms. The first-order valence-corrected chi connectivity index (χ1v) is 7.18. The maximum absolute atomic E-state index is 13.1. The maximum atomic E-state index is 13.1. The van der Waals surface area contributed by atoms with Gasteiger partial charge >= 0.3 is 0 Å². The van der Waals surface area contributed by atoms with Crippen LogP contribution in [0.25, 0.3) is 0 Å². The van der Waals surface area contributed by atoms with Crippen LogP contribution < -0.4 is 5.32 Å². The zero-order chi connectivity index (χ0) is 14.5. The molecule has 1 aliphatic heterocycles. The van der Waals surface area contributed by atoms with E-state index in [1.807, 2.05) is 0 Å². The number of benzene rings is 1. The fourth-order valence-corrected chi connectivity index (χ4v) is 2.67. The lowest BCUT2D eigenvalue weighted by molar-refractivity contribution is 0.0171. The molecule has 0 aromatic heterocycles. The monoisotopic (exact) mass is 322 g/mol. The van der Waals surface area contributed by atoms with E-state index < -0.39 is 11.9 Å². The summed E-state index contributed by atoms with van der Waals surface area (Å²) in [4.78, 5) is 2.13. The van der Waals surface area contributed by atoms with Gasteiger partial charge in [0.25, 0.3) is 0 Å². The van der Waals surface area contributed by atoms with Gasteiger partial charge in [-0.2, -0.15) is 0 Å². The first kappa shape index (κ1) is 15.8. The number of morpholine rings is 1. The van der Waals surface area contributed by atoms with Crippen LogP contribution in [-0.4, -0.2) is 55.5 Å². The lowest BCUT2D eigenvalue weighted by Crippen LogP contribution is -2.42. The summed E-state index contributed by atoms with van der Waals surface area (Å²) in [6.07, 6.45) is -0.565. The lowest BCUT2D eigenvalue weighted by Gasteiger charge is -2.28. The van der Waals surface area contributed by atoms with E-state index in [-0.39, 0.29) is 10.0 Å². The minimum atomic E-state index is -0.565. The number of anilines is 1. The molecule has 4 nitrogen and oxygen atoms in total. The zero-order valence-electron chi connectivity index (χ0n) is 10.9. The zero-order valence-corrected chi connectivity index (χ0v) is 12.4. The van der Waals surface area contributed by atoms with Gasteiger partial charge in [-0.15, -0.1) is 0 Å². The van der Waals surface area contributed by atoms with Crippen molar-refractivity contribution in [3.05, 3.63) is 28.0 Å². The summed E-state index contributed by atoms with van der Waals surface area (Å²) in [6, 6.07) is 2.37. The molecule has 0 bridgehead atoms. The number of ether oxygens (including phenoxy) is 1. The summed E-state index contributed by atoms with van der Waals surface area (Å²) >= 11 is 11.8. The van der Waals surface area contributed by atoms with Crippen LogP contribution in [0.2, 0.25) is 10.0 Å². The van der Waals surface area contributed by atoms with Gasteiger partial charge in [0.1, 0.15) is 5.82 Å². The molecule has 7 heteroatoms. The molecule has 1 atom stereocenters. The molecule has 0 radical (unpaired) electrons. The molecule has 1 aromatic carbocycles. The molecule has 2 rings (SSSR count). The van der Waals surface area contributed by atoms with Crippen LogP contribution >= 0.6 is 23.2 Å². The highest BCUT2D eigenvalue weighted by Gasteiger charge is 2.16. The van der Waals surface area contributed by atoms with E-state index in [9.17, 15) is 9.50 Å². The van der Waals surface area contributed by atoms with Crippen molar-refractivity contribution in [2.24, 2.45) is 0 Å². The van der Waals surface area contributed by atoms with Crippen molar-refractivity contribution in [2.45, 2.75) is 6.10 Å². The van der Waals surface area contributed by atoms with Crippen LogP contribution in [0, 0.1) is 5.82 Å². The SMILES string of the molecule is OC(CNc1c(Cl)cc(F)cc1Cl)CN1CCOCC1. The van der Waals surface area contributed by atoms with Crippen molar-refractivity contribution < 1.29 is 14.2 Å². The van der Waals surface area contributed by atoms with Crippen LogP contribution in [0.15, 0.2) is 12.1 Å². The van der Waals surface area contributed by atoms with Crippen LogP contribution in [0.1, 0.15) is 0 Å². The Labute approximate surface area is 127 Å². The Kier molecular flexibility index (Phi) is 5.86. The first-order valence-electron chi connectivity index (χ1n) is 6.43. The Morgan fingerprint density at radius 1 is 1.30 bits per heavy atom. The van der Waals surface area contributed by atoms with Gasteiger partial charge in [-0.05, 0) is 12.1 Å². The number of hydrogen-bond acceptors (Lipinski definition) is 4. The molecular formula is C13H17Cl2FN2O2. The highest BCUT2D eigenvalue weighted by molar-refractivity contribution is 6.39. The Bertz CT molecular complexity index is 433. The van der Waals surface area contributed by atoms with E-state index >= 15 is 0 Å². The largest absolute Gasteiger partial charge is 0.390 e. The minimum absolute atomic E-state index is 0.202. The van der Waals surface area contributed by atoms with Crippen LogP contribution in [0.3, 0.4) is 0 Å². The normalized spacial score (nSPS) is 18.0. The van der Waals surface area contributed by atoms with Crippen molar-refractivity contribution >= 4 is 28.9 Å². The van der Waals surface area contributed by atoms with Gasteiger partial charge in [-0.1, -0.05) is 23.2 Å². The summed E-state index contributed by atoms with van der Waals surface area (Å²) in [7, 11) is 0. The highest BCUT2D eigenvalue weighted by Crippen LogP contribution is 2.31. The average molecular weight is 323 g/mol. The van der Waals surface area contributed by atoms with Crippen LogP contribution in [0.5, 0.6) is 0 Å². The van der Waals surface area contributed by atoms with Crippen molar-refractivity contribution in [1.29, 1.82) is 0 Å². The van der Waals surface area contributed by atoms with Crippen LogP contribution in [-0.2, 0) is 4.74 Å². The molecule has 20 heavy (non-hydrogen) atoms. The molecule has 2 N–H and O–H groups in total. The molecule has 1 aliphatic rings. The smallest absolute Gasteiger partial charge is 0.126 e. The molecule has 1 unspecified atom stereocenters. The van der Waals surface area contributed by atoms with E-state index in [4.69, 9.17) is 27.9 Å². The Morgan fingerprint density at radius 2 is 1.90 bits per heavy atom. The van der Waals surface area contributed by atoms with E-state index in [2.05, 4.69) is 10.2 Å². The minimum Gasteiger partial charge on any atom is -0.390 e. The van der Waals surface area contributed by atoms with Gasteiger partial charge in [-0.3, -0.25) is 4.90 Å². The number of aliphatic hydroxyl groups excluding tert-OH is 1. The Balaban J connectivity index is 1.85. The van der Waals surface area contributed by atoms with Gasteiger partial charge in [-0.25, -0.2) is 4.39 Å². The third-order valence-corrected chi connectivity index (χ3v) is 3.69. The number of hydrogen-bond donors (Lipinski definition) is 2. The Morgan fingerprint density at radius 3 is 2.50 bits per heavy atom. The fourth-order valence-electron chi connectivity index (χ4n) is 2.08. The molecule has 1 aromatic rings. The molecule has 0 saturated carbocycles. The number of aliphatic hydroxyl groups is 1. The molecule has 1 saturated heterocycles. The quantitative estimate of drug-likeness (QED) is 0.872. The van der Waals surface area contributed by atoms with Gasteiger partial charge < -0.3 is 15.2 Å². The molecule has 0 amide bonds. The number of halogens is 3. The van der Waals surface area contributed by atoms with Gasteiger partial charge in [0.05, 0.1) is 35.1 Å². The lowest BCUT2D eigenvalue weighted by atomic mass is 10.2. The number of nitrogens with zero attached hydrogens (tertiary/aromatic N) is 1. The second kappa shape index (κ2) is 7.43. The van der Waals surface area contributed by atoms with Gasteiger partial charge in [0.15, 0.2) is 0 Å². The van der Waals surface area contributed by atoms with E-state index in [0.717, 1.165) is 13.1 Å². The molecule has 0 aliphatic carbocycles. The second-order valence-electron chi connectivity index (χ2n) is 4.69. The summed E-state index contributed by atoms with van der Waals surface area (Å²) in [6.45, 7) is 3.85. The van der Waals surface area contributed by atoms with Crippen molar-refractivity contribution in [3.8, 4) is 0 Å². The topological polar surface area (TPSA) is 44.7 Å². The summed E-state index contributed by atoms with van der Waals surface area (Å²) in [5.74, 6) is -0.487. The predicted octanol–water partition coefficient (Wildman–Crippen LogP) is 2.24. The summed E-state index contributed by atoms with van der Waals surface area (Å²) < 4.78 is 18.3. The van der Waals surface area contributed by atoms with E-state index in [0.29, 0.717) is 32.0 Å². The van der Waals surface area contributed by atoms with Crippen molar-refractivity contribution in [3.63, 3.8) is 0 Å². The predicted molar refractivity (Wildman–Crippen MR) is 78.2 cm³/mol. The summed E-state index contributed by atoms with van der Waals surface area (Å²) in [5, 5.41) is 13.4. The summed E-state index contributed by atoms with van der Waals surface area (Å²) in [5.41, 5.74) is 0.441.